The van der Waals surface area contributed by atoms with E-state index in [1.54, 1.807) is 29.2 Å². The molecule has 0 spiro atoms. The molecule has 31 heavy (non-hydrogen) atoms. The summed E-state index contributed by atoms with van der Waals surface area (Å²) in [6.45, 7) is 1.72. The fourth-order valence-corrected chi connectivity index (χ4v) is 4.28. The number of carbonyl (C=O) groups excluding carboxylic acids is 2. The van der Waals surface area contributed by atoms with Crippen molar-refractivity contribution in [2.75, 3.05) is 30.6 Å². The van der Waals surface area contributed by atoms with Crippen LogP contribution >= 0.6 is 0 Å². The summed E-state index contributed by atoms with van der Waals surface area (Å²) in [6.07, 6.45) is 4.20. The molecule has 0 aliphatic carbocycles. The number of nitrogens with one attached hydrogen (secondary N) is 2. The SMILES string of the molecule is CS(=O)(=O)Nc1ccc(C(=O)N2CCC(C(=O)NCCCc3ccccc3)CC2)cc1. The normalized spacial score (nSPS) is 14.8. The molecule has 2 N–H and O–H groups in total. The number of hydrogen-bond donors (Lipinski definition) is 2. The summed E-state index contributed by atoms with van der Waals surface area (Å²) in [7, 11) is -3.35. The second-order valence-electron chi connectivity index (χ2n) is 7.90. The maximum absolute atomic E-state index is 12.7. The fourth-order valence-electron chi connectivity index (χ4n) is 3.72. The zero-order chi connectivity index (χ0) is 22.3. The van der Waals surface area contributed by atoms with Crippen LogP contribution in [0.15, 0.2) is 54.6 Å². The van der Waals surface area contributed by atoms with Crippen molar-refractivity contribution in [3.63, 3.8) is 0 Å². The summed E-state index contributed by atoms with van der Waals surface area (Å²) >= 11 is 0. The second kappa shape index (κ2) is 10.4. The maximum Gasteiger partial charge on any atom is 0.253 e. The summed E-state index contributed by atoms with van der Waals surface area (Å²) in [5, 5.41) is 3.02. The molecule has 2 amide bonds. The molecule has 3 rings (SSSR count). The minimum Gasteiger partial charge on any atom is -0.356 e. The highest BCUT2D eigenvalue weighted by molar-refractivity contribution is 7.92. The van der Waals surface area contributed by atoms with Crippen molar-refractivity contribution in [2.24, 2.45) is 5.92 Å². The van der Waals surface area contributed by atoms with Crippen LogP contribution in [0.3, 0.4) is 0 Å². The molecule has 0 radical (unpaired) electrons. The summed E-state index contributed by atoms with van der Waals surface area (Å²) in [5.74, 6) is -0.105. The van der Waals surface area contributed by atoms with E-state index in [-0.39, 0.29) is 17.7 Å². The van der Waals surface area contributed by atoms with E-state index in [1.165, 1.54) is 5.56 Å². The topological polar surface area (TPSA) is 95.6 Å². The Balaban J connectivity index is 1.41. The molecular formula is C23H29N3O4S. The van der Waals surface area contributed by atoms with Crippen molar-refractivity contribution in [3.8, 4) is 0 Å². The first-order chi connectivity index (χ1) is 14.8. The Kier molecular flexibility index (Phi) is 7.68. The lowest BCUT2D eigenvalue weighted by atomic mass is 9.95. The van der Waals surface area contributed by atoms with E-state index in [1.807, 2.05) is 18.2 Å². The Morgan fingerprint density at radius 1 is 1.00 bits per heavy atom. The maximum atomic E-state index is 12.7. The van der Waals surface area contributed by atoms with Gasteiger partial charge in [0.2, 0.25) is 15.9 Å². The number of carbonyl (C=O) groups is 2. The summed E-state index contributed by atoms with van der Waals surface area (Å²) in [4.78, 5) is 26.9. The highest BCUT2D eigenvalue weighted by atomic mass is 32.2. The predicted molar refractivity (Wildman–Crippen MR) is 121 cm³/mol. The zero-order valence-corrected chi connectivity index (χ0v) is 18.5. The minimum absolute atomic E-state index is 0.0661. The van der Waals surface area contributed by atoms with Crippen LogP contribution in [0.5, 0.6) is 0 Å². The van der Waals surface area contributed by atoms with Crippen molar-refractivity contribution < 1.29 is 18.0 Å². The number of sulfonamides is 1. The van der Waals surface area contributed by atoms with Gasteiger partial charge in [-0.1, -0.05) is 30.3 Å². The zero-order valence-electron chi connectivity index (χ0n) is 17.7. The smallest absolute Gasteiger partial charge is 0.253 e. The first-order valence-electron chi connectivity index (χ1n) is 10.5. The molecule has 1 heterocycles. The van der Waals surface area contributed by atoms with Gasteiger partial charge in [0.1, 0.15) is 0 Å². The average Bonchev–Trinajstić information content (AvgIpc) is 2.76. The Labute approximate surface area is 183 Å². The molecule has 0 atom stereocenters. The standard InChI is InChI=1S/C23H29N3O4S/c1-31(29,30)25-21-11-9-20(10-12-21)23(28)26-16-13-19(14-17-26)22(27)24-15-5-8-18-6-3-2-4-7-18/h2-4,6-7,9-12,19,25H,5,8,13-17H2,1H3,(H,24,27). The van der Waals surface area contributed by atoms with Crippen LogP contribution in [0, 0.1) is 5.92 Å². The number of rotatable bonds is 8. The number of hydrogen-bond acceptors (Lipinski definition) is 4. The number of amides is 2. The van der Waals surface area contributed by atoms with Crippen LogP contribution in [0.2, 0.25) is 0 Å². The van der Waals surface area contributed by atoms with Crippen LogP contribution in [-0.4, -0.2) is 51.0 Å². The van der Waals surface area contributed by atoms with Gasteiger partial charge < -0.3 is 10.2 Å². The van der Waals surface area contributed by atoms with E-state index in [0.717, 1.165) is 19.1 Å². The van der Waals surface area contributed by atoms with Crippen LogP contribution in [-0.2, 0) is 21.2 Å². The van der Waals surface area contributed by atoms with Gasteiger partial charge in [-0.05, 0) is 55.5 Å². The Morgan fingerprint density at radius 2 is 1.65 bits per heavy atom. The predicted octanol–water partition coefficient (Wildman–Crippen LogP) is 2.66. The van der Waals surface area contributed by atoms with E-state index in [2.05, 4.69) is 22.2 Å². The first kappa shape index (κ1) is 22.8. The third kappa shape index (κ3) is 7.10. The van der Waals surface area contributed by atoms with Gasteiger partial charge in [0.05, 0.1) is 6.26 Å². The van der Waals surface area contributed by atoms with E-state index < -0.39 is 10.0 Å². The highest BCUT2D eigenvalue weighted by Crippen LogP contribution is 2.20. The van der Waals surface area contributed by atoms with E-state index in [0.29, 0.717) is 43.7 Å². The third-order valence-electron chi connectivity index (χ3n) is 5.37. The molecule has 0 bridgehead atoms. The number of benzene rings is 2. The van der Waals surface area contributed by atoms with Gasteiger partial charge >= 0.3 is 0 Å². The number of piperidine rings is 1. The quantitative estimate of drug-likeness (QED) is 0.613. The van der Waals surface area contributed by atoms with Crippen LogP contribution < -0.4 is 10.0 Å². The second-order valence-corrected chi connectivity index (χ2v) is 9.65. The summed E-state index contributed by atoms with van der Waals surface area (Å²) in [6, 6.07) is 16.6. The lowest BCUT2D eigenvalue weighted by molar-refractivity contribution is -0.126. The molecule has 7 nitrogen and oxygen atoms in total. The van der Waals surface area contributed by atoms with Crippen LogP contribution in [0.1, 0.15) is 35.2 Å². The number of likely N-dealkylation sites (tertiary alicyclic amines) is 1. The molecule has 166 valence electrons. The fraction of sp³-hybridized carbons (Fsp3) is 0.391. The largest absolute Gasteiger partial charge is 0.356 e. The van der Waals surface area contributed by atoms with Crippen molar-refractivity contribution in [1.29, 1.82) is 0 Å². The van der Waals surface area contributed by atoms with Crippen LogP contribution in [0.4, 0.5) is 5.69 Å². The lowest BCUT2D eigenvalue weighted by Crippen LogP contribution is -2.43. The van der Waals surface area contributed by atoms with Gasteiger partial charge in [-0.2, -0.15) is 0 Å². The molecule has 0 aromatic heterocycles. The Bertz CT molecular complexity index is 983. The Morgan fingerprint density at radius 3 is 2.26 bits per heavy atom. The number of anilines is 1. The third-order valence-corrected chi connectivity index (χ3v) is 5.98. The van der Waals surface area contributed by atoms with Crippen molar-refractivity contribution in [2.45, 2.75) is 25.7 Å². The van der Waals surface area contributed by atoms with Gasteiger partial charge in [-0.3, -0.25) is 14.3 Å². The minimum atomic E-state index is -3.35. The molecule has 1 aliphatic rings. The van der Waals surface area contributed by atoms with Crippen molar-refractivity contribution >= 4 is 27.5 Å². The molecular weight excluding hydrogens is 414 g/mol. The summed E-state index contributed by atoms with van der Waals surface area (Å²) < 4.78 is 24.9. The van der Waals surface area contributed by atoms with Crippen molar-refractivity contribution in [3.05, 3.63) is 65.7 Å². The van der Waals surface area contributed by atoms with Gasteiger partial charge in [-0.25, -0.2) is 8.42 Å². The summed E-state index contributed by atoms with van der Waals surface area (Å²) in [5.41, 5.74) is 2.19. The molecule has 2 aromatic carbocycles. The van der Waals surface area contributed by atoms with Gasteiger partial charge in [0.15, 0.2) is 0 Å². The number of aryl methyl sites for hydroxylation is 1. The molecule has 0 saturated carbocycles. The molecule has 0 unspecified atom stereocenters. The average molecular weight is 444 g/mol. The van der Waals surface area contributed by atoms with E-state index in [9.17, 15) is 18.0 Å². The molecule has 1 fully saturated rings. The van der Waals surface area contributed by atoms with Gasteiger partial charge in [-0.15, -0.1) is 0 Å². The van der Waals surface area contributed by atoms with Crippen LogP contribution in [0.25, 0.3) is 0 Å². The number of nitrogens with zero attached hydrogens (tertiary/aromatic N) is 1. The molecule has 2 aromatic rings. The lowest BCUT2D eigenvalue weighted by Gasteiger charge is -2.31. The van der Waals surface area contributed by atoms with Gasteiger partial charge in [0, 0.05) is 36.8 Å². The first-order valence-corrected chi connectivity index (χ1v) is 12.4. The van der Waals surface area contributed by atoms with Crippen molar-refractivity contribution in [1.82, 2.24) is 10.2 Å². The van der Waals surface area contributed by atoms with E-state index >= 15 is 0 Å². The molecule has 1 saturated heterocycles. The Hall–Kier alpha value is -2.87. The molecule has 8 heteroatoms. The van der Waals surface area contributed by atoms with Gasteiger partial charge in [0.25, 0.3) is 5.91 Å². The molecule has 1 aliphatic heterocycles. The monoisotopic (exact) mass is 443 g/mol. The van der Waals surface area contributed by atoms with E-state index in [4.69, 9.17) is 0 Å². The highest BCUT2D eigenvalue weighted by Gasteiger charge is 2.27.